The summed E-state index contributed by atoms with van der Waals surface area (Å²) in [7, 11) is 0. The van der Waals surface area contributed by atoms with E-state index in [1.165, 1.54) is 0 Å². The van der Waals surface area contributed by atoms with Gasteiger partial charge in [-0.1, -0.05) is 48.9 Å². The number of rotatable bonds is 7. The van der Waals surface area contributed by atoms with Gasteiger partial charge in [-0.25, -0.2) is 9.78 Å². The van der Waals surface area contributed by atoms with Gasteiger partial charge in [0.25, 0.3) is 0 Å². The summed E-state index contributed by atoms with van der Waals surface area (Å²) in [5.41, 5.74) is 6.00. The molecule has 6 nitrogen and oxygen atoms in total. The molecule has 2 aromatic carbocycles. The summed E-state index contributed by atoms with van der Waals surface area (Å²) in [5, 5.41) is 18.4. The lowest BCUT2D eigenvalue weighted by atomic mass is 10.0. The SMILES string of the molecule is CCCc1nc(S/C(=C\c2c(-c3ccccc3)[nH]c3c(C)cc(C)cc23)C(=O)O)n[nH]1. The first-order chi connectivity index (χ1) is 15.0. The van der Waals surface area contributed by atoms with Crippen molar-refractivity contribution in [2.75, 3.05) is 0 Å². The van der Waals surface area contributed by atoms with Crippen LogP contribution in [0.15, 0.2) is 52.5 Å². The lowest BCUT2D eigenvalue weighted by Crippen LogP contribution is -1.97. The molecule has 31 heavy (non-hydrogen) atoms. The van der Waals surface area contributed by atoms with Crippen molar-refractivity contribution in [3.8, 4) is 11.3 Å². The van der Waals surface area contributed by atoms with Crippen molar-refractivity contribution in [1.82, 2.24) is 20.2 Å². The Morgan fingerprint density at radius 3 is 2.68 bits per heavy atom. The number of carbonyl (C=O) groups is 1. The Hall–Kier alpha value is -3.32. The second-order valence-corrected chi connectivity index (χ2v) is 8.52. The molecule has 0 aliphatic heterocycles. The van der Waals surface area contributed by atoms with Gasteiger partial charge in [0.15, 0.2) is 0 Å². The summed E-state index contributed by atoms with van der Waals surface area (Å²) in [6.07, 6.45) is 3.44. The molecule has 7 heteroatoms. The number of hydrogen-bond donors (Lipinski definition) is 3. The fraction of sp³-hybridized carbons (Fsp3) is 0.208. The molecule has 0 bridgehead atoms. The number of carboxylic acids is 1. The molecular weight excluding hydrogens is 408 g/mol. The average molecular weight is 433 g/mol. The highest BCUT2D eigenvalue weighted by Crippen LogP contribution is 2.36. The molecule has 158 valence electrons. The zero-order valence-electron chi connectivity index (χ0n) is 17.7. The molecule has 2 heterocycles. The average Bonchev–Trinajstić information content (AvgIpc) is 3.33. The minimum Gasteiger partial charge on any atom is -0.477 e. The summed E-state index contributed by atoms with van der Waals surface area (Å²) in [6.45, 7) is 6.17. The molecular formula is C24H24N4O2S. The first kappa shape index (κ1) is 20.9. The summed E-state index contributed by atoms with van der Waals surface area (Å²) in [5.74, 6) is -0.248. The Labute approximate surface area is 184 Å². The Morgan fingerprint density at radius 2 is 1.97 bits per heavy atom. The van der Waals surface area contributed by atoms with Crippen LogP contribution < -0.4 is 0 Å². The van der Waals surface area contributed by atoms with Crippen LogP contribution in [-0.2, 0) is 11.2 Å². The number of aryl methyl sites for hydroxylation is 3. The molecule has 0 amide bonds. The number of aliphatic carboxylic acids is 1. The molecule has 0 saturated heterocycles. The number of benzene rings is 2. The van der Waals surface area contributed by atoms with Crippen molar-refractivity contribution in [2.24, 2.45) is 0 Å². The summed E-state index contributed by atoms with van der Waals surface area (Å²) >= 11 is 1.06. The van der Waals surface area contributed by atoms with Gasteiger partial charge >= 0.3 is 5.97 Å². The predicted molar refractivity (Wildman–Crippen MR) is 125 cm³/mol. The Kier molecular flexibility index (Phi) is 5.95. The van der Waals surface area contributed by atoms with E-state index in [2.05, 4.69) is 46.1 Å². The van der Waals surface area contributed by atoms with Gasteiger partial charge < -0.3 is 10.1 Å². The van der Waals surface area contributed by atoms with E-state index in [0.717, 1.165) is 69.3 Å². The molecule has 0 atom stereocenters. The van der Waals surface area contributed by atoms with E-state index in [-0.39, 0.29) is 4.91 Å². The third kappa shape index (κ3) is 4.41. The number of nitrogens with one attached hydrogen (secondary N) is 2. The van der Waals surface area contributed by atoms with Crippen molar-refractivity contribution in [3.05, 3.63) is 69.9 Å². The maximum Gasteiger partial charge on any atom is 0.342 e. The number of H-pyrrole nitrogens is 2. The molecule has 0 radical (unpaired) electrons. The fourth-order valence-electron chi connectivity index (χ4n) is 3.69. The third-order valence-electron chi connectivity index (χ3n) is 5.04. The van der Waals surface area contributed by atoms with Crippen LogP contribution in [0.4, 0.5) is 0 Å². The molecule has 4 aromatic rings. The van der Waals surface area contributed by atoms with E-state index < -0.39 is 5.97 Å². The molecule has 0 unspecified atom stereocenters. The van der Waals surface area contributed by atoms with Crippen LogP contribution in [0.25, 0.3) is 28.2 Å². The highest BCUT2D eigenvalue weighted by Gasteiger charge is 2.19. The van der Waals surface area contributed by atoms with Crippen molar-refractivity contribution < 1.29 is 9.90 Å². The lowest BCUT2D eigenvalue weighted by Gasteiger charge is -2.04. The maximum atomic E-state index is 12.1. The van der Waals surface area contributed by atoms with Crippen LogP contribution in [0, 0.1) is 13.8 Å². The van der Waals surface area contributed by atoms with Gasteiger partial charge in [-0.2, -0.15) is 0 Å². The fourth-order valence-corrected chi connectivity index (χ4v) is 4.40. The molecule has 0 fully saturated rings. The number of hydrogen-bond acceptors (Lipinski definition) is 4. The van der Waals surface area contributed by atoms with E-state index in [1.807, 2.05) is 37.3 Å². The van der Waals surface area contributed by atoms with Gasteiger partial charge in [0.2, 0.25) is 5.16 Å². The Balaban J connectivity index is 1.87. The zero-order valence-corrected chi connectivity index (χ0v) is 18.5. The van der Waals surface area contributed by atoms with Gasteiger partial charge in [-0.15, -0.1) is 5.10 Å². The second kappa shape index (κ2) is 8.81. The standard InChI is InChI=1S/C24H24N4O2S/c1-4-8-20-25-24(28-27-20)31-19(23(29)30)13-18-17-12-14(2)11-15(3)21(17)26-22(18)16-9-6-5-7-10-16/h5-7,9-13,26H,4,8H2,1-3H3,(H,29,30)(H,25,27,28)/b19-13-. The van der Waals surface area contributed by atoms with Crippen molar-refractivity contribution in [2.45, 2.75) is 38.8 Å². The predicted octanol–water partition coefficient (Wildman–Crippen LogP) is 5.74. The first-order valence-corrected chi connectivity index (χ1v) is 11.0. The Morgan fingerprint density at radius 1 is 1.19 bits per heavy atom. The van der Waals surface area contributed by atoms with Crippen LogP contribution in [-0.4, -0.2) is 31.2 Å². The minimum atomic E-state index is -1.01. The Bertz CT molecular complexity index is 1270. The number of aromatic amines is 2. The van der Waals surface area contributed by atoms with Crippen LogP contribution in [0.3, 0.4) is 0 Å². The summed E-state index contributed by atoms with van der Waals surface area (Å²) < 4.78 is 0. The largest absolute Gasteiger partial charge is 0.477 e. The highest BCUT2D eigenvalue weighted by atomic mass is 32.2. The second-order valence-electron chi connectivity index (χ2n) is 7.51. The third-order valence-corrected chi connectivity index (χ3v) is 5.91. The van der Waals surface area contributed by atoms with E-state index in [0.29, 0.717) is 5.16 Å². The topological polar surface area (TPSA) is 94.7 Å². The monoisotopic (exact) mass is 432 g/mol. The smallest absolute Gasteiger partial charge is 0.342 e. The first-order valence-electron chi connectivity index (χ1n) is 10.2. The number of thioether (sulfide) groups is 1. The zero-order chi connectivity index (χ0) is 22.0. The number of carboxylic acid groups (broad SMARTS) is 1. The highest BCUT2D eigenvalue weighted by molar-refractivity contribution is 8.04. The van der Waals surface area contributed by atoms with Crippen LogP contribution in [0.5, 0.6) is 0 Å². The molecule has 0 aliphatic carbocycles. The van der Waals surface area contributed by atoms with E-state index >= 15 is 0 Å². The molecule has 0 aliphatic rings. The molecule has 4 rings (SSSR count). The van der Waals surface area contributed by atoms with Gasteiger partial charge in [0, 0.05) is 22.9 Å². The molecule has 2 aromatic heterocycles. The number of aromatic nitrogens is 4. The quantitative estimate of drug-likeness (QED) is 0.256. The van der Waals surface area contributed by atoms with Crippen LogP contribution in [0.2, 0.25) is 0 Å². The minimum absolute atomic E-state index is 0.166. The van der Waals surface area contributed by atoms with Crippen molar-refractivity contribution >= 4 is 34.7 Å². The molecule has 3 N–H and O–H groups in total. The molecule has 0 saturated carbocycles. The van der Waals surface area contributed by atoms with Gasteiger partial charge in [-0.05, 0) is 55.3 Å². The van der Waals surface area contributed by atoms with Crippen LogP contribution in [0.1, 0.15) is 35.9 Å². The van der Waals surface area contributed by atoms with Crippen molar-refractivity contribution in [1.29, 1.82) is 0 Å². The van der Waals surface area contributed by atoms with Crippen molar-refractivity contribution in [3.63, 3.8) is 0 Å². The number of nitrogens with zero attached hydrogens (tertiary/aromatic N) is 2. The van der Waals surface area contributed by atoms with Gasteiger partial charge in [0.05, 0.1) is 5.69 Å². The van der Waals surface area contributed by atoms with E-state index in [1.54, 1.807) is 6.08 Å². The lowest BCUT2D eigenvalue weighted by molar-refractivity contribution is -0.131. The maximum absolute atomic E-state index is 12.1. The van der Waals surface area contributed by atoms with E-state index in [9.17, 15) is 9.90 Å². The molecule has 0 spiro atoms. The normalized spacial score (nSPS) is 11.9. The van der Waals surface area contributed by atoms with E-state index in [4.69, 9.17) is 0 Å². The summed E-state index contributed by atoms with van der Waals surface area (Å²) in [4.78, 5) is 20.2. The van der Waals surface area contributed by atoms with Crippen LogP contribution >= 0.6 is 11.8 Å². The van der Waals surface area contributed by atoms with Gasteiger partial charge in [0.1, 0.15) is 10.7 Å². The summed E-state index contributed by atoms with van der Waals surface area (Å²) in [6, 6.07) is 14.2. The number of fused-ring (bicyclic) bond motifs is 1. The van der Waals surface area contributed by atoms with Gasteiger partial charge in [-0.3, -0.25) is 5.10 Å².